The topological polar surface area (TPSA) is 40.5 Å². The molecule has 0 spiro atoms. The number of carboxylic acid groups (broad SMARTS) is 1. The van der Waals surface area contributed by atoms with E-state index in [-0.39, 0.29) is 12.6 Å². The van der Waals surface area contributed by atoms with Crippen LogP contribution in [0.5, 0.6) is 0 Å². The Labute approximate surface area is 76.8 Å². The molecule has 0 rings (SSSR count). The van der Waals surface area contributed by atoms with Crippen LogP contribution in [0.4, 0.5) is 0 Å². The highest BCUT2D eigenvalue weighted by molar-refractivity contribution is 8.10. The molecule has 0 amide bonds. The van der Waals surface area contributed by atoms with Crippen LogP contribution in [0, 0.1) is 0 Å². The average Bonchev–Trinajstić information content (AvgIpc) is 1.81. The van der Waals surface area contributed by atoms with E-state index in [1.807, 2.05) is 13.8 Å². The van der Waals surface area contributed by atoms with Gasteiger partial charge in [-0.25, -0.2) is 0 Å². The van der Waals surface area contributed by atoms with Crippen molar-refractivity contribution in [1.82, 2.24) is 4.90 Å². The summed E-state index contributed by atoms with van der Waals surface area (Å²) in [7, 11) is 0. The Balaban J connectivity index is 4.12. The van der Waals surface area contributed by atoms with Gasteiger partial charge < -0.3 is 10.0 Å². The lowest BCUT2D eigenvalue weighted by molar-refractivity contribution is -0.137. The van der Waals surface area contributed by atoms with Crippen molar-refractivity contribution in [2.75, 3.05) is 6.54 Å². The molecule has 0 radical (unpaired) electrons. The molecule has 5 heteroatoms. The zero-order valence-corrected chi connectivity index (χ0v) is 8.15. The van der Waals surface area contributed by atoms with Gasteiger partial charge in [-0.05, 0) is 13.8 Å². The van der Waals surface area contributed by atoms with Crippen molar-refractivity contribution in [3.05, 3.63) is 0 Å². The largest absolute Gasteiger partial charge is 0.480 e. The molecule has 1 N–H and O–H groups in total. The maximum absolute atomic E-state index is 10.3. The predicted octanol–water partition coefficient (Wildman–Crippen LogP) is 0.996. The average molecular weight is 193 g/mol. The Kier molecular flexibility index (Phi) is 4.44. The van der Waals surface area contributed by atoms with Crippen molar-refractivity contribution in [1.29, 1.82) is 0 Å². The van der Waals surface area contributed by atoms with Gasteiger partial charge >= 0.3 is 5.97 Å². The summed E-state index contributed by atoms with van der Waals surface area (Å²) in [5, 5.41) is 8.45. The number of aliphatic carboxylic acids is 1. The second-order valence-electron chi connectivity index (χ2n) is 2.40. The number of hydrogen-bond acceptors (Lipinski definition) is 2. The Morgan fingerprint density at radius 1 is 1.73 bits per heavy atom. The molecule has 0 aliphatic carbocycles. The third-order valence-corrected chi connectivity index (χ3v) is 1.67. The maximum Gasteiger partial charge on any atom is 0.323 e. The van der Waals surface area contributed by atoms with Crippen LogP contribution in [0.25, 0.3) is 0 Å². The highest BCUT2D eigenvalue weighted by Crippen LogP contribution is 2.02. The number of carbonyl (C=O) groups is 1. The molecule has 3 nitrogen and oxygen atoms in total. The van der Waals surface area contributed by atoms with Crippen LogP contribution in [0.15, 0.2) is 0 Å². The van der Waals surface area contributed by atoms with Crippen molar-refractivity contribution < 1.29 is 9.90 Å². The van der Waals surface area contributed by atoms with Crippen LogP contribution < -0.4 is 0 Å². The van der Waals surface area contributed by atoms with E-state index in [1.54, 1.807) is 0 Å². The molecule has 11 heavy (non-hydrogen) atoms. The van der Waals surface area contributed by atoms with E-state index in [1.165, 1.54) is 4.90 Å². The lowest BCUT2D eigenvalue weighted by Gasteiger charge is -2.24. The van der Waals surface area contributed by atoms with E-state index < -0.39 is 5.97 Å². The molecule has 0 aromatic heterocycles. The van der Waals surface area contributed by atoms with Crippen molar-refractivity contribution >= 4 is 35.1 Å². The number of rotatable bonds is 3. The molecule has 0 heterocycles. The van der Waals surface area contributed by atoms with Gasteiger partial charge in [0.25, 0.3) is 0 Å². The fourth-order valence-corrected chi connectivity index (χ4v) is 1.19. The minimum Gasteiger partial charge on any atom is -0.480 e. The van der Waals surface area contributed by atoms with Gasteiger partial charge in [0.2, 0.25) is 0 Å². The maximum atomic E-state index is 10.3. The smallest absolute Gasteiger partial charge is 0.323 e. The second-order valence-corrected chi connectivity index (χ2v) is 3.51. The van der Waals surface area contributed by atoms with Crippen LogP contribution in [0.3, 0.4) is 0 Å². The molecular weight excluding hydrogens is 182 g/mol. The van der Waals surface area contributed by atoms with Crippen LogP contribution in [-0.4, -0.2) is 32.9 Å². The minimum absolute atomic E-state index is 0.0797. The number of thiol groups is 1. The first kappa shape index (κ1) is 10.7. The number of nitrogens with zero attached hydrogens (tertiary/aromatic N) is 1. The third kappa shape index (κ3) is 4.21. The summed E-state index contributed by atoms with van der Waals surface area (Å²) in [5.41, 5.74) is 0. The van der Waals surface area contributed by atoms with Gasteiger partial charge in [-0.3, -0.25) is 4.79 Å². The summed E-state index contributed by atoms with van der Waals surface area (Å²) in [5.74, 6) is -0.893. The van der Waals surface area contributed by atoms with Gasteiger partial charge in [0, 0.05) is 6.04 Å². The molecule has 0 aromatic rings. The van der Waals surface area contributed by atoms with Gasteiger partial charge in [0.05, 0.1) is 0 Å². The first-order chi connectivity index (χ1) is 4.95. The monoisotopic (exact) mass is 193 g/mol. The van der Waals surface area contributed by atoms with Crippen LogP contribution in [0.2, 0.25) is 0 Å². The van der Waals surface area contributed by atoms with Crippen LogP contribution >= 0.6 is 24.8 Å². The standard InChI is InChI=1S/C6H11NO2S2/c1-4(2)7(6(10)11)3-5(8)9/h4H,3H2,1-2H3,(H,8,9)(H,10,11). The zero-order chi connectivity index (χ0) is 9.02. The lowest BCUT2D eigenvalue weighted by atomic mass is 10.3. The number of thiocarbonyl (C=S) groups is 1. The Bertz CT molecular complexity index is 170. The van der Waals surface area contributed by atoms with Crippen molar-refractivity contribution in [3.8, 4) is 0 Å². The van der Waals surface area contributed by atoms with Gasteiger partial charge in [-0.1, -0.05) is 12.2 Å². The molecule has 0 aliphatic rings. The first-order valence-electron chi connectivity index (χ1n) is 3.16. The van der Waals surface area contributed by atoms with Crippen molar-refractivity contribution in [3.63, 3.8) is 0 Å². The molecule has 64 valence electrons. The van der Waals surface area contributed by atoms with E-state index in [0.717, 1.165) is 0 Å². The fourth-order valence-electron chi connectivity index (χ4n) is 0.617. The van der Waals surface area contributed by atoms with Gasteiger partial charge in [-0.15, -0.1) is 12.6 Å². The summed E-state index contributed by atoms with van der Waals surface area (Å²) in [6.45, 7) is 3.65. The lowest BCUT2D eigenvalue weighted by Crippen LogP contribution is -2.37. The van der Waals surface area contributed by atoms with E-state index in [9.17, 15) is 4.79 Å². The molecule has 0 fully saturated rings. The van der Waals surface area contributed by atoms with Gasteiger partial charge in [0.15, 0.2) is 0 Å². The molecule has 0 aromatic carbocycles. The summed E-state index contributed by atoms with van der Waals surface area (Å²) < 4.78 is 0.322. The second kappa shape index (κ2) is 4.56. The summed E-state index contributed by atoms with van der Waals surface area (Å²) in [6, 6.07) is 0.0797. The summed E-state index contributed by atoms with van der Waals surface area (Å²) in [6.07, 6.45) is 0. The van der Waals surface area contributed by atoms with E-state index >= 15 is 0 Å². The highest BCUT2D eigenvalue weighted by atomic mass is 32.1. The zero-order valence-electron chi connectivity index (χ0n) is 6.44. The molecule has 0 saturated heterocycles. The molecule has 0 unspecified atom stereocenters. The predicted molar refractivity (Wildman–Crippen MR) is 51.1 cm³/mol. The normalized spacial score (nSPS) is 9.82. The summed E-state index contributed by atoms with van der Waals surface area (Å²) >= 11 is 8.64. The van der Waals surface area contributed by atoms with Crippen LogP contribution in [0.1, 0.15) is 13.8 Å². The first-order valence-corrected chi connectivity index (χ1v) is 4.02. The Morgan fingerprint density at radius 2 is 2.18 bits per heavy atom. The third-order valence-electron chi connectivity index (χ3n) is 1.17. The Hall–Kier alpha value is -0.290. The van der Waals surface area contributed by atoms with E-state index in [2.05, 4.69) is 12.6 Å². The van der Waals surface area contributed by atoms with Crippen molar-refractivity contribution in [2.24, 2.45) is 0 Å². The number of hydrogen-bond donors (Lipinski definition) is 2. The van der Waals surface area contributed by atoms with Crippen LogP contribution in [-0.2, 0) is 4.79 Å². The molecular formula is C6H11NO2S2. The van der Waals surface area contributed by atoms with E-state index in [4.69, 9.17) is 17.3 Å². The molecule has 0 aliphatic heterocycles. The molecule has 0 saturated carbocycles. The minimum atomic E-state index is -0.893. The summed E-state index contributed by atoms with van der Waals surface area (Å²) in [4.78, 5) is 11.8. The SMILES string of the molecule is CC(C)N(CC(=O)O)C(=S)S. The fraction of sp³-hybridized carbons (Fsp3) is 0.667. The van der Waals surface area contributed by atoms with Gasteiger partial charge in [0.1, 0.15) is 10.9 Å². The van der Waals surface area contributed by atoms with Gasteiger partial charge in [-0.2, -0.15) is 0 Å². The Morgan fingerprint density at radius 3 is 2.27 bits per heavy atom. The molecule has 0 bridgehead atoms. The van der Waals surface area contributed by atoms with Crippen molar-refractivity contribution in [2.45, 2.75) is 19.9 Å². The highest BCUT2D eigenvalue weighted by Gasteiger charge is 2.13. The van der Waals surface area contributed by atoms with E-state index in [0.29, 0.717) is 4.32 Å². The quantitative estimate of drug-likeness (QED) is 0.518. The number of carboxylic acids is 1. The molecule has 0 atom stereocenters.